The first-order chi connectivity index (χ1) is 15.8. The van der Waals surface area contributed by atoms with E-state index < -0.39 is 40.6 Å². The van der Waals surface area contributed by atoms with Crippen molar-refractivity contribution in [2.45, 2.75) is 39.3 Å². The number of hydrogen-bond acceptors (Lipinski definition) is 7. The van der Waals surface area contributed by atoms with E-state index >= 15 is 0 Å². The quantitative estimate of drug-likeness (QED) is 0.428. The van der Waals surface area contributed by atoms with Gasteiger partial charge in [0.15, 0.2) is 0 Å². The van der Waals surface area contributed by atoms with Crippen LogP contribution in [0.5, 0.6) is 5.75 Å². The average molecular weight is 509 g/mol. The highest BCUT2D eigenvalue weighted by Gasteiger charge is 2.25. The van der Waals surface area contributed by atoms with Gasteiger partial charge in [-0.3, -0.25) is 4.79 Å². The number of carboxylic acids is 1. The van der Waals surface area contributed by atoms with Crippen LogP contribution >= 0.6 is 21.0 Å². The number of carboxylic acid groups (broad SMARTS) is 1. The Balaban J connectivity index is 2.33. The van der Waals surface area contributed by atoms with E-state index in [1.807, 2.05) is 0 Å². The zero-order valence-corrected chi connectivity index (χ0v) is 21.0. The minimum Gasteiger partial charge on any atom is -0.480 e. The molecule has 8 nitrogen and oxygen atoms in total. The molecular weight excluding hydrogens is 484 g/mol. The summed E-state index contributed by atoms with van der Waals surface area (Å²) >= 11 is 0.534. The number of benzene rings is 2. The molecule has 0 bridgehead atoms. The number of nitrogens with one attached hydrogen (secondary N) is 1. The van der Waals surface area contributed by atoms with E-state index in [0.29, 0.717) is 28.2 Å². The lowest BCUT2D eigenvalue weighted by atomic mass is 10.0. The first kappa shape index (κ1) is 27.3. The zero-order chi connectivity index (χ0) is 25.6. The van der Waals surface area contributed by atoms with Crippen LogP contribution in [0.3, 0.4) is 0 Å². The molecule has 0 aliphatic rings. The second-order valence-electron chi connectivity index (χ2n) is 8.20. The Bertz CT molecular complexity index is 1120. The molecule has 2 atom stereocenters. The van der Waals surface area contributed by atoms with Crippen molar-refractivity contribution in [3.8, 4) is 16.9 Å². The summed E-state index contributed by atoms with van der Waals surface area (Å²) in [4.78, 5) is 47.6. The molecule has 2 N–H and O–H groups in total. The van der Waals surface area contributed by atoms with Gasteiger partial charge in [-0.25, -0.2) is 18.8 Å². The second kappa shape index (κ2) is 11.4. The molecule has 0 saturated heterocycles. The van der Waals surface area contributed by atoms with Gasteiger partial charge in [0.25, 0.3) is 0 Å². The molecular formula is C23H25FNO7PS. The Morgan fingerprint density at radius 1 is 1.15 bits per heavy atom. The molecule has 0 aromatic heterocycles. The maximum Gasteiger partial charge on any atom is 0.372 e. The highest BCUT2D eigenvalue weighted by atomic mass is 32.2. The smallest absolute Gasteiger partial charge is 0.372 e. The molecule has 34 heavy (non-hydrogen) atoms. The third-order valence-corrected chi connectivity index (χ3v) is 5.46. The number of rotatable bonds is 7. The maximum absolute atomic E-state index is 13.5. The van der Waals surface area contributed by atoms with Crippen LogP contribution in [-0.4, -0.2) is 45.6 Å². The van der Waals surface area contributed by atoms with E-state index in [-0.39, 0.29) is 17.1 Å². The lowest BCUT2D eigenvalue weighted by molar-refractivity contribution is -0.140. The highest BCUT2D eigenvalue weighted by molar-refractivity contribution is 8.13. The zero-order valence-electron chi connectivity index (χ0n) is 19.0. The Morgan fingerprint density at radius 3 is 2.38 bits per heavy atom. The first-order valence-electron chi connectivity index (χ1n) is 10.0. The Labute approximate surface area is 202 Å². The fraction of sp³-hybridized carbons (Fsp3) is 0.304. The van der Waals surface area contributed by atoms with Crippen molar-refractivity contribution in [2.75, 3.05) is 5.75 Å². The summed E-state index contributed by atoms with van der Waals surface area (Å²) in [6.07, 6.45) is 0. The molecule has 2 aromatic carbocycles. The number of hydrogen-bond donors (Lipinski definition) is 2. The molecule has 0 spiro atoms. The number of thioether (sulfide) groups is 1. The van der Waals surface area contributed by atoms with Gasteiger partial charge in [-0.1, -0.05) is 12.1 Å². The number of carbonyl (C=O) groups is 4. The highest BCUT2D eigenvalue weighted by Crippen LogP contribution is 2.30. The van der Waals surface area contributed by atoms with Gasteiger partial charge in [-0.15, -0.1) is 9.24 Å². The van der Waals surface area contributed by atoms with Crippen LogP contribution in [0.2, 0.25) is 0 Å². The first-order valence-corrected chi connectivity index (χ1v) is 11.6. The minimum absolute atomic E-state index is 0.0354. The summed E-state index contributed by atoms with van der Waals surface area (Å²) in [7, 11) is 2.42. The Morgan fingerprint density at radius 2 is 1.82 bits per heavy atom. The molecule has 2 aromatic rings. The van der Waals surface area contributed by atoms with E-state index in [2.05, 4.69) is 14.6 Å². The standard InChI is InChI=1S/C23H25FNO7PS/c1-12(26)25-17(20(27)28)11-34-22(30)31-18-8-5-13(15-7-6-14(24)10-19(15)33)9-16(18)21(29)32-23(2,3)4/h5-10,17H,11,33H2,1-4H3,(H,25,26)(H,27,28). The van der Waals surface area contributed by atoms with Crippen LogP contribution in [-0.2, 0) is 14.3 Å². The van der Waals surface area contributed by atoms with Crippen LogP contribution in [0.15, 0.2) is 36.4 Å². The van der Waals surface area contributed by atoms with Crippen molar-refractivity contribution in [3.63, 3.8) is 0 Å². The fourth-order valence-corrected chi connectivity index (χ4v) is 3.87. The average Bonchev–Trinajstić information content (AvgIpc) is 2.70. The molecule has 11 heteroatoms. The van der Waals surface area contributed by atoms with E-state index in [4.69, 9.17) is 14.6 Å². The van der Waals surface area contributed by atoms with Crippen molar-refractivity contribution in [1.82, 2.24) is 5.32 Å². The van der Waals surface area contributed by atoms with Crippen molar-refractivity contribution in [1.29, 1.82) is 0 Å². The number of halogens is 1. The predicted molar refractivity (Wildman–Crippen MR) is 130 cm³/mol. The Hall–Kier alpha value is -2.97. The van der Waals surface area contributed by atoms with Gasteiger partial charge in [0.1, 0.15) is 28.8 Å². The third kappa shape index (κ3) is 8.11. The van der Waals surface area contributed by atoms with Gasteiger partial charge >= 0.3 is 17.2 Å². The molecule has 0 aliphatic heterocycles. The van der Waals surface area contributed by atoms with E-state index in [9.17, 15) is 23.6 Å². The molecule has 2 rings (SSSR count). The summed E-state index contributed by atoms with van der Waals surface area (Å²) in [6, 6.07) is 7.35. The summed E-state index contributed by atoms with van der Waals surface area (Å²) in [6.45, 7) is 6.22. The van der Waals surface area contributed by atoms with E-state index in [0.717, 1.165) is 6.92 Å². The molecule has 1 amide bonds. The molecule has 182 valence electrons. The minimum atomic E-state index is -1.30. The van der Waals surface area contributed by atoms with Crippen LogP contribution in [0.25, 0.3) is 11.1 Å². The van der Waals surface area contributed by atoms with Crippen molar-refractivity contribution < 1.29 is 38.1 Å². The molecule has 0 aliphatic carbocycles. The number of ether oxygens (including phenoxy) is 2. The molecule has 2 unspecified atom stereocenters. The predicted octanol–water partition coefficient (Wildman–Crippen LogP) is 3.77. The molecule has 0 heterocycles. The molecule has 0 saturated carbocycles. The van der Waals surface area contributed by atoms with Gasteiger partial charge in [-0.05, 0) is 73.2 Å². The van der Waals surface area contributed by atoms with Gasteiger partial charge in [-0.2, -0.15) is 0 Å². The fourth-order valence-electron chi connectivity index (χ4n) is 2.77. The number of aliphatic carboxylic acids is 1. The van der Waals surface area contributed by atoms with Crippen LogP contribution in [0, 0.1) is 5.82 Å². The van der Waals surface area contributed by atoms with Crippen LogP contribution < -0.4 is 15.4 Å². The van der Waals surface area contributed by atoms with Crippen molar-refractivity contribution >= 4 is 49.5 Å². The topological polar surface area (TPSA) is 119 Å². The second-order valence-corrected chi connectivity index (χ2v) is 9.78. The summed E-state index contributed by atoms with van der Waals surface area (Å²) < 4.78 is 24.2. The third-order valence-electron chi connectivity index (χ3n) is 4.16. The van der Waals surface area contributed by atoms with E-state index in [1.165, 1.54) is 24.3 Å². The van der Waals surface area contributed by atoms with Crippen LogP contribution in [0.1, 0.15) is 38.1 Å². The number of carbonyl (C=O) groups excluding carboxylic acids is 3. The lowest BCUT2D eigenvalue weighted by Gasteiger charge is -2.21. The number of amides is 1. The van der Waals surface area contributed by atoms with Gasteiger partial charge in [0, 0.05) is 12.7 Å². The SMILES string of the molecule is CC(=O)NC(CSC(=O)Oc1ccc(-c2ccc(F)cc2P)cc1C(=O)OC(C)(C)C)C(=O)O. The summed E-state index contributed by atoms with van der Waals surface area (Å²) in [5.74, 6) is -3.38. The lowest BCUT2D eigenvalue weighted by Crippen LogP contribution is -2.41. The van der Waals surface area contributed by atoms with Crippen molar-refractivity contribution in [3.05, 3.63) is 47.8 Å². The monoisotopic (exact) mass is 509 g/mol. The van der Waals surface area contributed by atoms with E-state index in [1.54, 1.807) is 32.9 Å². The number of esters is 1. The molecule has 0 fully saturated rings. The summed E-state index contributed by atoms with van der Waals surface area (Å²) in [5.41, 5.74) is 0.349. The van der Waals surface area contributed by atoms with Gasteiger partial charge in [0.05, 0.1) is 0 Å². The Kier molecular flexibility index (Phi) is 9.18. The largest absolute Gasteiger partial charge is 0.480 e. The van der Waals surface area contributed by atoms with Crippen LogP contribution in [0.4, 0.5) is 9.18 Å². The van der Waals surface area contributed by atoms with Gasteiger partial charge in [0.2, 0.25) is 5.91 Å². The molecule has 0 radical (unpaired) electrons. The van der Waals surface area contributed by atoms with Gasteiger partial charge < -0.3 is 19.9 Å². The van der Waals surface area contributed by atoms with Crippen molar-refractivity contribution in [2.24, 2.45) is 0 Å². The summed E-state index contributed by atoms with van der Waals surface area (Å²) in [5, 5.41) is 11.1. The normalized spacial score (nSPS) is 11.9. The maximum atomic E-state index is 13.5.